The van der Waals surface area contributed by atoms with Crippen LogP contribution in [0.4, 0.5) is 0 Å². The van der Waals surface area contributed by atoms with Crippen molar-refractivity contribution >= 4 is 15.9 Å². The van der Waals surface area contributed by atoms with Crippen molar-refractivity contribution in [1.29, 1.82) is 0 Å². The predicted molar refractivity (Wildman–Crippen MR) is 79.7 cm³/mol. The number of nitrogens with two attached hydrogens (primary N) is 2. The number of hydrogen-bond donors (Lipinski definition) is 2. The maximum atomic E-state index is 12.8. The van der Waals surface area contributed by atoms with Crippen molar-refractivity contribution in [2.75, 3.05) is 13.1 Å². The summed E-state index contributed by atoms with van der Waals surface area (Å²) in [6, 6.07) is 5.16. The van der Waals surface area contributed by atoms with Crippen molar-refractivity contribution in [3.05, 3.63) is 29.3 Å². The van der Waals surface area contributed by atoms with Gasteiger partial charge in [-0.3, -0.25) is 4.79 Å². The molecule has 1 aliphatic rings. The number of primary amides is 1. The normalized spacial score (nSPS) is 23.4. The van der Waals surface area contributed by atoms with Gasteiger partial charge in [0.1, 0.15) is 0 Å². The van der Waals surface area contributed by atoms with Gasteiger partial charge >= 0.3 is 0 Å². The summed E-state index contributed by atoms with van der Waals surface area (Å²) < 4.78 is 26.9. The minimum atomic E-state index is -3.64. The Hall–Kier alpha value is -1.44. The molecule has 1 saturated heterocycles. The molecule has 6 nitrogen and oxygen atoms in total. The van der Waals surface area contributed by atoms with Gasteiger partial charge in [0.15, 0.2) is 0 Å². The Labute approximate surface area is 125 Å². The zero-order valence-electron chi connectivity index (χ0n) is 12.3. The van der Waals surface area contributed by atoms with Crippen LogP contribution in [0.25, 0.3) is 0 Å². The zero-order valence-corrected chi connectivity index (χ0v) is 13.1. The minimum absolute atomic E-state index is 0.122. The molecule has 116 valence electrons. The number of carbonyl (C=O) groups excluding carboxylic acids is 1. The van der Waals surface area contributed by atoms with Crippen LogP contribution in [0.5, 0.6) is 0 Å². The lowest BCUT2D eigenvalue weighted by atomic mass is 9.89. The summed E-state index contributed by atoms with van der Waals surface area (Å²) in [6.07, 6.45) is 0.442. The summed E-state index contributed by atoms with van der Waals surface area (Å²) in [5.74, 6) is -0.465. The van der Waals surface area contributed by atoms with Crippen LogP contribution >= 0.6 is 0 Å². The third-order valence-electron chi connectivity index (χ3n) is 4.14. The molecule has 4 N–H and O–H groups in total. The van der Waals surface area contributed by atoms with Crippen LogP contribution < -0.4 is 11.5 Å². The van der Waals surface area contributed by atoms with Crippen molar-refractivity contribution in [1.82, 2.24) is 4.31 Å². The molecule has 0 spiro atoms. The molecule has 1 aromatic rings. The molecule has 1 heterocycles. The molecule has 0 aliphatic carbocycles. The number of nitrogens with zero attached hydrogens (tertiary/aromatic N) is 1. The van der Waals surface area contributed by atoms with E-state index >= 15 is 0 Å². The van der Waals surface area contributed by atoms with Crippen LogP contribution in [0.2, 0.25) is 0 Å². The molecule has 0 aromatic heterocycles. The van der Waals surface area contributed by atoms with Crippen LogP contribution in [0.15, 0.2) is 23.1 Å². The Morgan fingerprint density at radius 2 is 2.10 bits per heavy atom. The predicted octanol–water partition coefficient (Wildman–Crippen LogP) is 0.340. The van der Waals surface area contributed by atoms with E-state index in [4.69, 9.17) is 11.5 Å². The molecule has 0 bridgehead atoms. The highest BCUT2D eigenvalue weighted by molar-refractivity contribution is 7.89. The Kier molecular flexibility index (Phi) is 4.10. The molecule has 1 fully saturated rings. The van der Waals surface area contributed by atoms with E-state index < -0.39 is 21.3 Å². The van der Waals surface area contributed by atoms with Gasteiger partial charge in [-0.05, 0) is 37.5 Å². The second-order valence-corrected chi connectivity index (χ2v) is 7.72. The van der Waals surface area contributed by atoms with Gasteiger partial charge in [0, 0.05) is 19.6 Å². The SMILES string of the molecule is Cc1ccc(CN)cc1S(=O)(=O)N1CCC(C)(C(N)=O)C1. The van der Waals surface area contributed by atoms with E-state index in [0.717, 1.165) is 5.56 Å². The van der Waals surface area contributed by atoms with E-state index in [0.29, 0.717) is 18.5 Å². The number of rotatable bonds is 4. The lowest BCUT2D eigenvalue weighted by molar-refractivity contribution is -0.126. The first-order valence-electron chi connectivity index (χ1n) is 6.80. The summed E-state index contributed by atoms with van der Waals surface area (Å²) >= 11 is 0. The number of aryl methyl sites for hydroxylation is 1. The fraction of sp³-hybridized carbons (Fsp3) is 0.500. The maximum Gasteiger partial charge on any atom is 0.243 e. The Bertz CT molecular complexity index is 672. The number of hydrogen-bond acceptors (Lipinski definition) is 4. The fourth-order valence-electron chi connectivity index (χ4n) is 2.51. The first-order valence-corrected chi connectivity index (χ1v) is 8.24. The summed E-state index contributed by atoms with van der Waals surface area (Å²) in [6.45, 7) is 4.15. The molecule has 7 heteroatoms. The quantitative estimate of drug-likeness (QED) is 0.836. The van der Waals surface area contributed by atoms with E-state index in [-0.39, 0.29) is 18.0 Å². The van der Waals surface area contributed by atoms with Gasteiger partial charge in [-0.1, -0.05) is 12.1 Å². The fourth-order valence-corrected chi connectivity index (χ4v) is 4.35. The van der Waals surface area contributed by atoms with Crippen molar-refractivity contribution in [2.45, 2.75) is 31.7 Å². The Morgan fingerprint density at radius 3 is 2.62 bits per heavy atom. The van der Waals surface area contributed by atoms with Crippen LogP contribution in [-0.4, -0.2) is 31.7 Å². The van der Waals surface area contributed by atoms with E-state index in [1.165, 1.54) is 4.31 Å². The van der Waals surface area contributed by atoms with Crippen molar-refractivity contribution in [3.8, 4) is 0 Å². The highest BCUT2D eigenvalue weighted by atomic mass is 32.2. The molecular weight excluding hydrogens is 290 g/mol. The molecule has 1 atom stereocenters. The van der Waals surface area contributed by atoms with Gasteiger partial charge in [0.2, 0.25) is 15.9 Å². The second kappa shape index (κ2) is 5.40. The van der Waals surface area contributed by atoms with Crippen molar-refractivity contribution < 1.29 is 13.2 Å². The number of amides is 1. The van der Waals surface area contributed by atoms with E-state index in [1.807, 2.05) is 6.07 Å². The molecule has 1 aliphatic heterocycles. The van der Waals surface area contributed by atoms with Gasteiger partial charge in [0.05, 0.1) is 10.3 Å². The standard InChI is InChI=1S/C14H21N3O3S/c1-10-3-4-11(8-15)7-12(10)21(19,20)17-6-5-14(2,9-17)13(16)18/h3-4,7H,5-6,8-9,15H2,1-2H3,(H2,16,18). The first kappa shape index (κ1) is 15.9. The highest BCUT2D eigenvalue weighted by Gasteiger charge is 2.43. The lowest BCUT2D eigenvalue weighted by Crippen LogP contribution is -2.38. The molecule has 2 rings (SSSR count). The van der Waals surface area contributed by atoms with Crippen molar-refractivity contribution in [2.24, 2.45) is 16.9 Å². The van der Waals surface area contributed by atoms with Crippen LogP contribution in [0.1, 0.15) is 24.5 Å². The third kappa shape index (κ3) is 2.81. The largest absolute Gasteiger partial charge is 0.369 e. The third-order valence-corrected chi connectivity index (χ3v) is 6.13. The molecule has 0 saturated carbocycles. The topological polar surface area (TPSA) is 106 Å². The van der Waals surface area contributed by atoms with Gasteiger partial charge in [-0.25, -0.2) is 8.42 Å². The van der Waals surface area contributed by atoms with Crippen LogP contribution in [0, 0.1) is 12.3 Å². The average Bonchev–Trinajstić information content (AvgIpc) is 2.84. The maximum absolute atomic E-state index is 12.8. The van der Waals surface area contributed by atoms with E-state index in [2.05, 4.69) is 0 Å². The second-order valence-electron chi connectivity index (χ2n) is 5.82. The lowest BCUT2D eigenvalue weighted by Gasteiger charge is -2.21. The van der Waals surface area contributed by atoms with E-state index in [9.17, 15) is 13.2 Å². The van der Waals surface area contributed by atoms with Gasteiger partial charge < -0.3 is 11.5 Å². The first-order chi connectivity index (χ1) is 9.70. The monoisotopic (exact) mass is 311 g/mol. The molecule has 21 heavy (non-hydrogen) atoms. The Balaban J connectivity index is 2.38. The van der Waals surface area contributed by atoms with Crippen LogP contribution in [-0.2, 0) is 21.4 Å². The molecule has 1 unspecified atom stereocenters. The number of sulfonamides is 1. The molecule has 0 radical (unpaired) electrons. The summed E-state index contributed by atoms with van der Waals surface area (Å²) in [5.41, 5.74) is 11.6. The van der Waals surface area contributed by atoms with Gasteiger partial charge in [0.25, 0.3) is 0 Å². The van der Waals surface area contributed by atoms with Gasteiger partial charge in [-0.15, -0.1) is 0 Å². The number of benzene rings is 1. The summed E-state index contributed by atoms with van der Waals surface area (Å²) in [4.78, 5) is 11.7. The van der Waals surface area contributed by atoms with E-state index in [1.54, 1.807) is 26.0 Å². The Morgan fingerprint density at radius 1 is 1.43 bits per heavy atom. The van der Waals surface area contributed by atoms with Gasteiger partial charge in [-0.2, -0.15) is 4.31 Å². The number of carbonyl (C=O) groups is 1. The minimum Gasteiger partial charge on any atom is -0.369 e. The molecule has 1 amide bonds. The highest BCUT2D eigenvalue weighted by Crippen LogP contribution is 2.34. The zero-order chi connectivity index (χ0) is 15.8. The summed E-state index contributed by atoms with van der Waals surface area (Å²) in [5, 5.41) is 0. The smallest absolute Gasteiger partial charge is 0.243 e. The van der Waals surface area contributed by atoms with Crippen molar-refractivity contribution in [3.63, 3.8) is 0 Å². The molecule has 1 aromatic carbocycles. The van der Waals surface area contributed by atoms with Crippen LogP contribution in [0.3, 0.4) is 0 Å². The average molecular weight is 311 g/mol. The summed E-state index contributed by atoms with van der Waals surface area (Å²) in [7, 11) is -3.64. The molecular formula is C14H21N3O3S.